The maximum Gasteiger partial charge on any atom is 0.132 e. The summed E-state index contributed by atoms with van der Waals surface area (Å²) in [5, 5.41) is 0. The first-order valence-electron chi connectivity index (χ1n) is 5.66. The smallest absolute Gasteiger partial charge is 0.132 e. The zero-order chi connectivity index (χ0) is 13.8. The zero-order valence-electron chi connectivity index (χ0n) is 10.00. The Labute approximate surface area is 118 Å². The Bertz CT molecular complexity index is 569. The number of benzene rings is 2. The average Bonchev–Trinajstić information content (AvgIpc) is 2.40. The van der Waals surface area contributed by atoms with Crippen molar-refractivity contribution in [1.82, 2.24) is 0 Å². The Balaban J connectivity index is 2.15. The maximum atomic E-state index is 13.4. The molecule has 2 aromatic rings. The lowest BCUT2D eigenvalue weighted by atomic mass is 10.2. The molecule has 0 bridgehead atoms. The SMILES string of the molecule is NCc1cc(OCc2c(F)cccc2F)ccc1Br. The first-order valence-corrected chi connectivity index (χ1v) is 6.45. The summed E-state index contributed by atoms with van der Waals surface area (Å²) in [7, 11) is 0. The monoisotopic (exact) mass is 327 g/mol. The third kappa shape index (κ3) is 3.30. The summed E-state index contributed by atoms with van der Waals surface area (Å²) in [5.74, 6) is -0.710. The molecule has 0 heterocycles. The molecule has 0 saturated carbocycles. The summed E-state index contributed by atoms with van der Waals surface area (Å²) in [6.07, 6.45) is 0. The van der Waals surface area contributed by atoms with Crippen LogP contribution < -0.4 is 10.5 Å². The molecular formula is C14H12BrF2NO. The molecule has 19 heavy (non-hydrogen) atoms. The van der Waals surface area contributed by atoms with E-state index in [1.54, 1.807) is 18.2 Å². The molecule has 0 radical (unpaired) electrons. The van der Waals surface area contributed by atoms with E-state index in [0.717, 1.165) is 10.0 Å². The van der Waals surface area contributed by atoms with Crippen molar-refractivity contribution in [2.24, 2.45) is 5.73 Å². The molecule has 2 nitrogen and oxygen atoms in total. The molecule has 2 N–H and O–H groups in total. The topological polar surface area (TPSA) is 35.2 Å². The van der Waals surface area contributed by atoms with Crippen LogP contribution in [0.15, 0.2) is 40.9 Å². The van der Waals surface area contributed by atoms with Gasteiger partial charge in [-0.15, -0.1) is 0 Å². The summed E-state index contributed by atoms with van der Waals surface area (Å²) >= 11 is 3.35. The second-order valence-electron chi connectivity index (χ2n) is 3.95. The highest BCUT2D eigenvalue weighted by molar-refractivity contribution is 9.10. The lowest BCUT2D eigenvalue weighted by Crippen LogP contribution is -2.03. The fourth-order valence-corrected chi connectivity index (χ4v) is 2.03. The van der Waals surface area contributed by atoms with Gasteiger partial charge in [0.1, 0.15) is 24.0 Å². The van der Waals surface area contributed by atoms with Gasteiger partial charge in [-0.1, -0.05) is 22.0 Å². The second kappa shape index (κ2) is 6.12. The molecule has 0 aliphatic rings. The van der Waals surface area contributed by atoms with Crippen molar-refractivity contribution in [3.8, 4) is 5.75 Å². The number of hydrogen-bond donors (Lipinski definition) is 1. The summed E-state index contributed by atoms with van der Waals surface area (Å²) in [5.41, 5.74) is 6.35. The molecule has 100 valence electrons. The Morgan fingerprint density at radius 2 is 1.79 bits per heavy atom. The van der Waals surface area contributed by atoms with E-state index in [9.17, 15) is 8.78 Å². The van der Waals surface area contributed by atoms with Crippen LogP contribution in [-0.4, -0.2) is 0 Å². The number of rotatable bonds is 4. The van der Waals surface area contributed by atoms with E-state index in [4.69, 9.17) is 10.5 Å². The van der Waals surface area contributed by atoms with E-state index in [-0.39, 0.29) is 12.2 Å². The van der Waals surface area contributed by atoms with Crippen LogP contribution in [0.4, 0.5) is 8.78 Å². The number of hydrogen-bond acceptors (Lipinski definition) is 2. The van der Waals surface area contributed by atoms with Crippen LogP contribution in [0, 0.1) is 11.6 Å². The molecule has 0 aromatic heterocycles. The second-order valence-corrected chi connectivity index (χ2v) is 4.80. The minimum absolute atomic E-state index is 0.0836. The van der Waals surface area contributed by atoms with Crippen LogP contribution >= 0.6 is 15.9 Å². The predicted octanol–water partition coefficient (Wildman–Crippen LogP) is 3.77. The van der Waals surface area contributed by atoms with Crippen LogP contribution in [0.3, 0.4) is 0 Å². The molecule has 2 rings (SSSR count). The minimum atomic E-state index is -0.615. The molecular weight excluding hydrogens is 316 g/mol. The third-order valence-corrected chi connectivity index (χ3v) is 3.46. The normalized spacial score (nSPS) is 10.5. The number of halogens is 3. The molecule has 0 aliphatic heterocycles. The van der Waals surface area contributed by atoms with Crippen molar-refractivity contribution in [3.05, 3.63) is 63.6 Å². The van der Waals surface area contributed by atoms with E-state index in [1.165, 1.54) is 18.2 Å². The number of ether oxygens (including phenoxy) is 1. The van der Waals surface area contributed by atoms with Crippen LogP contribution in [-0.2, 0) is 13.2 Å². The van der Waals surface area contributed by atoms with Crippen LogP contribution in [0.5, 0.6) is 5.75 Å². The highest BCUT2D eigenvalue weighted by Gasteiger charge is 2.09. The van der Waals surface area contributed by atoms with Gasteiger partial charge in [0.05, 0.1) is 5.56 Å². The van der Waals surface area contributed by atoms with E-state index in [1.807, 2.05) is 0 Å². The van der Waals surface area contributed by atoms with Gasteiger partial charge in [-0.3, -0.25) is 0 Å². The molecule has 0 unspecified atom stereocenters. The fraction of sp³-hybridized carbons (Fsp3) is 0.143. The van der Waals surface area contributed by atoms with E-state index in [2.05, 4.69) is 15.9 Å². The Hall–Kier alpha value is -1.46. The van der Waals surface area contributed by atoms with Gasteiger partial charge >= 0.3 is 0 Å². The van der Waals surface area contributed by atoms with Gasteiger partial charge in [0.15, 0.2) is 0 Å². The van der Waals surface area contributed by atoms with Crippen LogP contribution in [0.25, 0.3) is 0 Å². The van der Waals surface area contributed by atoms with Crippen LogP contribution in [0.2, 0.25) is 0 Å². The molecule has 0 spiro atoms. The van der Waals surface area contributed by atoms with E-state index >= 15 is 0 Å². The Kier molecular flexibility index (Phi) is 4.50. The molecule has 0 saturated heterocycles. The standard InChI is InChI=1S/C14H12BrF2NO/c15-12-5-4-10(6-9(12)7-18)19-8-11-13(16)2-1-3-14(11)17/h1-6H,7-8,18H2. The predicted molar refractivity (Wildman–Crippen MR) is 72.7 cm³/mol. The molecule has 2 aromatic carbocycles. The van der Waals surface area contributed by atoms with Gasteiger partial charge in [0.25, 0.3) is 0 Å². The molecule has 0 atom stereocenters. The van der Waals surface area contributed by atoms with Gasteiger partial charge < -0.3 is 10.5 Å². The van der Waals surface area contributed by atoms with Crippen molar-refractivity contribution < 1.29 is 13.5 Å². The van der Waals surface area contributed by atoms with Crippen molar-refractivity contribution in [2.75, 3.05) is 0 Å². The summed E-state index contributed by atoms with van der Waals surface area (Å²) in [6, 6.07) is 8.96. The van der Waals surface area contributed by atoms with Crippen molar-refractivity contribution in [3.63, 3.8) is 0 Å². The van der Waals surface area contributed by atoms with Crippen LogP contribution in [0.1, 0.15) is 11.1 Å². The molecule has 0 aliphatic carbocycles. The summed E-state index contributed by atoms with van der Waals surface area (Å²) in [4.78, 5) is 0. The average molecular weight is 328 g/mol. The Morgan fingerprint density at radius 1 is 1.11 bits per heavy atom. The summed E-state index contributed by atoms with van der Waals surface area (Å²) in [6.45, 7) is 0.190. The van der Waals surface area contributed by atoms with Gasteiger partial charge in [-0.25, -0.2) is 8.78 Å². The first-order chi connectivity index (χ1) is 9.11. The first kappa shape index (κ1) is 14.0. The van der Waals surface area contributed by atoms with Gasteiger partial charge in [0, 0.05) is 11.0 Å². The van der Waals surface area contributed by atoms with Crippen molar-refractivity contribution in [2.45, 2.75) is 13.2 Å². The minimum Gasteiger partial charge on any atom is -0.489 e. The van der Waals surface area contributed by atoms with Crippen molar-refractivity contribution >= 4 is 15.9 Å². The van der Waals surface area contributed by atoms with Gasteiger partial charge in [0.2, 0.25) is 0 Å². The zero-order valence-corrected chi connectivity index (χ0v) is 11.6. The molecule has 5 heteroatoms. The summed E-state index contributed by atoms with van der Waals surface area (Å²) < 4.78 is 33.1. The quantitative estimate of drug-likeness (QED) is 0.927. The highest BCUT2D eigenvalue weighted by atomic mass is 79.9. The highest BCUT2D eigenvalue weighted by Crippen LogP contribution is 2.23. The Morgan fingerprint density at radius 3 is 2.42 bits per heavy atom. The fourth-order valence-electron chi connectivity index (χ4n) is 1.62. The largest absolute Gasteiger partial charge is 0.489 e. The van der Waals surface area contributed by atoms with Gasteiger partial charge in [-0.05, 0) is 35.9 Å². The van der Waals surface area contributed by atoms with E-state index in [0.29, 0.717) is 12.3 Å². The lowest BCUT2D eigenvalue weighted by molar-refractivity contribution is 0.292. The third-order valence-electron chi connectivity index (χ3n) is 2.68. The van der Waals surface area contributed by atoms with Gasteiger partial charge in [-0.2, -0.15) is 0 Å². The van der Waals surface area contributed by atoms with Crippen molar-refractivity contribution in [1.29, 1.82) is 0 Å². The maximum absolute atomic E-state index is 13.4. The lowest BCUT2D eigenvalue weighted by Gasteiger charge is -2.10. The van der Waals surface area contributed by atoms with E-state index < -0.39 is 11.6 Å². The molecule has 0 amide bonds. The number of nitrogens with two attached hydrogens (primary N) is 1. The molecule has 0 fully saturated rings.